The lowest BCUT2D eigenvalue weighted by Crippen LogP contribution is -2.58. The van der Waals surface area contributed by atoms with Crippen LogP contribution in [0, 0.1) is 11.6 Å². The third-order valence-corrected chi connectivity index (χ3v) is 4.39. The maximum absolute atomic E-state index is 13.8. The van der Waals surface area contributed by atoms with Crippen molar-refractivity contribution in [3.05, 3.63) is 71.3 Å². The molecule has 2 aromatic carbocycles. The number of hydrogen-bond donors (Lipinski definition) is 0. The lowest BCUT2D eigenvalue weighted by Gasteiger charge is -2.39. The van der Waals surface area contributed by atoms with E-state index in [1.54, 1.807) is 6.92 Å². The van der Waals surface area contributed by atoms with Crippen molar-refractivity contribution in [2.75, 3.05) is 6.54 Å². The number of carbonyl (C=O) groups is 2. The molecule has 1 atom stereocenters. The molecule has 1 aliphatic rings. The molecule has 0 N–H and O–H groups in total. The highest BCUT2D eigenvalue weighted by Crippen LogP contribution is 2.21. The maximum Gasteiger partial charge on any atom is 0.245 e. The van der Waals surface area contributed by atoms with Crippen molar-refractivity contribution in [1.82, 2.24) is 9.80 Å². The molecule has 4 nitrogen and oxygen atoms in total. The van der Waals surface area contributed by atoms with Crippen LogP contribution in [-0.2, 0) is 22.7 Å². The first kappa shape index (κ1) is 17.1. The van der Waals surface area contributed by atoms with Gasteiger partial charge < -0.3 is 9.80 Å². The van der Waals surface area contributed by atoms with Crippen molar-refractivity contribution in [3.63, 3.8) is 0 Å². The first-order chi connectivity index (χ1) is 12.0. The van der Waals surface area contributed by atoms with Crippen LogP contribution < -0.4 is 0 Å². The number of benzene rings is 2. The molecule has 0 radical (unpaired) electrons. The fourth-order valence-electron chi connectivity index (χ4n) is 2.96. The molecule has 0 spiro atoms. The molecule has 1 fully saturated rings. The SMILES string of the molecule is C[C@@H]1C(=O)N(Cc2ccccc2)CC(=O)N1Cc1c(F)cccc1F. The largest absolute Gasteiger partial charge is 0.327 e. The van der Waals surface area contributed by atoms with E-state index in [4.69, 9.17) is 0 Å². The van der Waals surface area contributed by atoms with E-state index in [1.807, 2.05) is 30.3 Å². The molecule has 0 unspecified atom stereocenters. The van der Waals surface area contributed by atoms with Gasteiger partial charge in [0, 0.05) is 12.1 Å². The molecule has 1 saturated heterocycles. The van der Waals surface area contributed by atoms with E-state index >= 15 is 0 Å². The number of halogens is 2. The average Bonchev–Trinajstić information content (AvgIpc) is 2.59. The topological polar surface area (TPSA) is 40.6 Å². The minimum Gasteiger partial charge on any atom is -0.327 e. The Kier molecular flexibility index (Phi) is 4.79. The molecule has 3 rings (SSSR count). The minimum absolute atomic E-state index is 0.103. The molecule has 1 heterocycles. The van der Waals surface area contributed by atoms with Crippen LogP contribution in [0.4, 0.5) is 8.78 Å². The molecule has 0 saturated carbocycles. The molecular formula is C19H18F2N2O2. The first-order valence-electron chi connectivity index (χ1n) is 8.02. The van der Waals surface area contributed by atoms with E-state index in [0.29, 0.717) is 6.54 Å². The van der Waals surface area contributed by atoms with Crippen LogP contribution in [-0.4, -0.2) is 34.2 Å². The summed E-state index contributed by atoms with van der Waals surface area (Å²) >= 11 is 0. The van der Waals surface area contributed by atoms with Gasteiger partial charge in [-0.1, -0.05) is 36.4 Å². The summed E-state index contributed by atoms with van der Waals surface area (Å²) in [4.78, 5) is 27.8. The maximum atomic E-state index is 13.8. The quantitative estimate of drug-likeness (QED) is 0.856. The Morgan fingerprint density at radius 2 is 1.60 bits per heavy atom. The second kappa shape index (κ2) is 7.01. The summed E-state index contributed by atoms with van der Waals surface area (Å²) in [5, 5.41) is 0. The van der Waals surface area contributed by atoms with Crippen LogP contribution in [0.1, 0.15) is 18.1 Å². The summed E-state index contributed by atoms with van der Waals surface area (Å²) in [5.41, 5.74) is 0.719. The zero-order valence-corrected chi connectivity index (χ0v) is 13.8. The van der Waals surface area contributed by atoms with Crippen LogP contribution in [0.5, 0.6) is 0 Å². The van der Waals surface area contributed by atoms with E-state index < -0.39 is 17.7 Å². The fraction of sp³-hybridized carbons (Fsp3) is 0.263. The molecule has 0 aromatic heterocycles. The smallest absolute Gasteiger partial charge is 0.245 e. The zero-order chi connectivity index (χ0) is 18.0. The molecule has 130 valence electrons. The van der Waals surface area contributed by atoms with Crippen LogP contribution in [0.25, 0.3) is 0 Å². The van der Waals surface area contributed by atoms with Gasteiger partial charge in [-0.3, -0.25) is 9.59 Å². The van der Waals surface area contributed by atoms with Gasteiger partial charge in [0.1, 0.15) is 24.2 Å². The minimum atomic E-state index is -0.774. The number of hydrogen-bond acceptors (Lipinski definition) is 2. The van der Waals surface area contributed by atoms with Gasteiger partial charge in [-0.15, -0.1) is 0 Å². The second-order valence-electron chi connectivity index (χ2n) is 6.08. The highest BCUT2D eigenvalue weighted by Gasteiger charge is 2.37. The highest BCUT2D eigenvalue weighted by atomic mass is 19.1. The predicted molar refractivity (Wildman–Crippen MR) is 88.2 cm³/mol. The van der Waals surface area contributed by atoms with E-state index in [-0.39, 0.29) is 30.5 Å². The van der Waals surface area contributed by atoms with Gasteiger partial charge in [0.25, 0.3) is 0 Å². The fourth-order valence-corrected chi connectivity index (χ4v) is 2.96. The van der Waals surface area contributed by atoms with Gasteiger partial charge in [-0.2, -0.15) is 0 Å². The van der Waals surface area contributed by atoms with Gasteiger partial charge in [0.15, 0.2) is 0 Å². The van der Waals surface area contributed by atoms with Crippen molar-refractivity contribution in [3.8, 4) is 0 Å². The van der Waals surface area contributed by atoms with Crippen molar-refractivity contribution in [2.45, 2.75) is 26.1 Å². The van der Waals surface area contributed by atoms with E-state index in [1.165, 1.54) is 15.9 Å². The van der Waals surface area contributed by atoms with Crippen molar-refractivity contribution < 1.29 is 18.4 Å². The number of carbonyl (C=O) groups excluding carboxylic acids is 2. The second-order valence-corrected chi connectivity index (χ2v) is 6.08. The molecular weight excluding hydrogens is 326 g/mol. The van der Waals surface area contributed by atoms with E-state index in [2.05, 4.69) is 0 Å². The third kappa shape index (κ3) is 3.52. The summed E-state index contributed by atoms with van der Waals surface area (Å²) < 4.78 is 27.7. The van der Waals surface area contributed by atoms with Gasteiger partial charge in [-0.25, -0.2) is 8.78 Å². The van der Waals surface area contributed by atoms with Crippen LogP contribution >= 0.6 is 0 Å². The van der Waals surface area contributed by atoms with Crippen molar-refractivity contribution in [1.29, 1.82) is 0 Å². The summed E-state index contributed by atoms with van der Waals surface area (Å²) in [7, 11) is 0. The Morgan fingerprint density at radius 3 is 2.24 bits per heavy atom. The molecule has 2 amide bonds. The van der Waals surface area contributed by atoms with Crippen molar-refractivity contribution in [2.24, 2.45) is 0 Å². The van der Waals surface area contributed by atoms with E-state index in [9.17, 15) is 18.4 Å². The van der Waals surface area contributed by atoms with Gasteiger partial charge in [0.2, 0.25) is 11.8 Å². The van der Waals surface area contributed by atoms with Crippen LogP contribution in [0.2, 0.25) is 0 Å². The third-order valence-electron chi connectivity index (χ3n) is 4.39. The van der Waals surface area contributed by atoms with Gasteiger partial charge >= 0.3 is 0 Å². The van der Waals surface area contributed by atoms with Crippen LogP contribution in [0.3, 0.4) is 0 Å². The average molecular weight is 344 g/mol. The first-order valence-corrected chi connectivity index (χ1v) is 8.02. The number of nitrogens with zero attached hydrogens (tertiary/aromatic N) is 2. The Labute approximate surface area is 144 Å². The molecule has 0 aliphatic carbocycles. The lowest BCUT2D eigenvalue weighted by atomic mass is 10.1. The lowest BCUT2D eigenvalue weighted by molar-refractivity contribution is -0.156. The Balaban J connectivity index is 1.77. The summed E-state index contributed by atoms with van der Waals surface area (Å²) in [6.07, 6.45) is 0. The monoisotopic (exact) mass is 344 g/mol. The number of rotatable bonds is 4. The Hall–Kier alpha value is -2.76. The molecule has 0 bridgehead atoms. The summed E-state index contributed by atoms with van der Waals surface area (Å²) in [5.74, 6) is -2.01. The summed E-state index contributed by atoms with van der Waals surface area (Å²) in [6.45, 7) is 1.55. The predicted octanol–water partition coefficient (Wildman–Crippen LogP) is 2.72. The summed E-state index contributed by atoms with van der Waals surface area (Å²) in [6, 6.07) is 12.1. The van der Waals surface area contributed by atoms with Crippen molar-refractivity contribution >= 4 is 11.8 Å². The molecule has 1 aliphatic heterocycles. The Bertz CT molecular complexity index is 775. The normalized spacial score (nSPS) is 18.0. The van der Waals surface area contributed by atoms with Crippen LogP contribution in [0.15, 0.2) is 48.5 Å². The standard InChI is InChI=1S/C19H18F2N2O2/c1-13-19(25)22(10-14-6-3-2-4-7-14)12-18(24)23(13)11-15-16(20)8-5-9-17(15)21/h2-9,13H,10-12H2,1H3/t13-/m1/s1. The number of piperazine rings is 1. The molecule has 2 aromatic rings. The molecule has 25 heavy (non-hydrogen) atoms. The van der Waals surface area contributed by atoms with Gasteiger partial charge in [-0.05, 0) is 24.6 Å². The zero-order valence-electron chi connectivity index (χ0n) is 13.8. The highest BCUT2D eigenvalue weighted by molar-refractivity contribution is 5.94. The van der Waals surface area contributed by atoms with E-state index in [0.717, 1.165) is 17.7 Å². The van der Waals surface area contributed by atoms with Gasteiger partial charge in [0.05, 0.1) is 6.54 Å². The number of amides is 2. The molecule has 6 heteroatoms. The Morgan fingerprint density at radius 1 is 0.960 bits per heavy atom.